The Hall–Kier alpha value is -2.52. The first-order valence-electron chi connectivity index (χ1n) is 4.38. The molecule has 0 aliphatic carbocycles. The molecule has 0 unspecified atom stereocenters. The quantitative estimate of drug-likeness (QED) is 0.500. The van der Waals surface area contributed by atoms with Crippen LogP contribution in [0.15, 0.2) is 0 Å². The van der Waals surface area contributed by atoms with Crippen LogP contribution in [0.5, 0.6) is 0 Å². The molecule has 10 nitrogen and oxygen atoms in total. The van der Waals surface area contributed by atoms with Gasteiger partial charge in [-0.25, -0.2) is 4.79 Å². The van der Waals surface area contributed by atoms with E-state index in [2.05, 4.69) is 30.7 Å². The van der Waals surface area contributed by atoms with Crippen LogP contribution in [0.25, 0.3) is 0 Å². The topological polar surface area (TPSA) is 147 Å². The van der Waals surface area contributed by atoms with Gasteiger partial charge in [0.2, 0.25) is 0 Å². The van der Waals surface area contributed by atoms with Crippen molar-refractivity contribution in [2.24, 2.45) is 0 Å². The van der Waals surface area contributed by atoms with Gasteiger partial charge in [-0.3, -0.25) is 9.59 Å². The van der Waals surface area contributed by atoms with E-state index < -0.39 is 30.3 Å². The van der Waals surface area contributed by atoms with E-state index in [1.807, 2.05) is 0 Å². The SMILES string of the molecule is COC(=O)C[C@H](NC(=O)c1nn[nH]n1)C(=O)O. The summed E-state index contributed by atoms with van der Waals surface area (Å²) in [6.07, 6.45) is -0.491. The highest BCUT2D eigenvalue weighted by atomic mass is 16.5. The summed E-state index contributed by atoms with van der Waals surface area (Å²) in [5, 5.41) is 22.7. The average Bonchev–Trinajstić information content (AvgIpc) is 2.81. The van der Waals surface area contributed by atoms with Gasteiger partial charge in [-0.15, -0.1) is 10.2 Å². The van der Waals surface area contributed by atoms with Crippen molar-refractivity contribution in [2.75, 3.05) is 7.11 Å². The fraction of sp³-hybridized carbons (Fsp3) is 0.429. The third kappa shape index (κ3) is 3.52. The molecule has 1 rings (SSSR count). The number of ether oxygens (including phenoxy) is 1. The molecule has 0 saturated carbocycles. The molecular weight excluding hydrogens is 234 g/mol. The number of hydrogen-bond donors (Lipinski definition) is 3. The molecule has 92 valence electrons. The predicted octanol–water partition coefficient (Wildman–Crippen LogP) is -2.05. The maximum Gasteiger partial charge on any atom is 0.326 e. The van der Waals surface area contributed by atoms with Crippen LogP contribution in [0.2, 0.25) is 0 Å². The number of carbonyl (C=O) groups is 3. The molecule has 0 fully saturated rings. The van der Waals surface area contributed by atoms with E-state index in [9.17, 15) is 14.4 Å². The zero-order valence-corrected chi connectivity index (χ0v) is 8.71. The number of tetrazole rings is 1. The third-order valence-corrected chi connectivity index (χ3v) is 1.75. The Morgan fingerprint density at radius 1 is 1.53 bits per heavy atom. The van der Waals surface area contributed by atoms with Gasteiger partial charge < -0.3 is 15.2 Å². The third-order valence-electron chi connectivity index (χ3n) is 1.75. The number of esters is 1. The van der Waals surface area contributed by atoms with Crippen molar-refractivity contribution in [3.8, 4) is 0 Å². The first kappa shape index (κ1) is 12.5. The van der Waals surface area contributed by atoms with Crippen molar-refractivity contribution in [2.45, 2.75) is 12.5 Å². The molecule has 10 heteroatoms. The van der Waals surface area contributed by atoms with Crippen LogP contribution in [-0.2, 0) is 14.3 Å². The van der Waals surface area contributed by atoms with Gasteiger partial charge in [0, 0.05) is 0 Å². The lowest BCUT2D eigenvalue weighted by Crippen LogP contribution is -2.42. The molecule has 17 heavy (non-hydrogen) atoms. The van der Waals surface area contributed by atoms with Gasteiger partial charge in [0.1, 0.15) is 6.04 Å². The number of aliphatic carboxylic acids is 1. The molecule has 1 amide bonds. The molecule has 1 atom stereocenters. The molecule has 1 aromatic rings. The molecule has 0 saturated heterocycles. The van der Waals surface area contributed by atoms with Crippen LogP contribution in [0.3, 0.4) is 0 Å². The second kappa shape index (κ2) is 5.53. The number of hydrogen-bond acceptors (Lipinski definition) is 7. The molecule has 3 N–H and O–H groups in total. The summed E-state index contributed by atoms with van der Waals surface area (Å²) < 4.78 is 4.30. The fourth-order valence-electron chi connectivity index (χ4n) is 0.931. The lowest BCUT2D eigenvalue weighted by atomic mass is 10.2. The summed E-state index contributed by atoms with van der Waals surface area (Å²) in [5.74, 6) is -3.30. The maximum absolute atomic E-state index is 11.4. The van der Waals surface area contributed by atoms with Gasteiger partial charge in [0.15, 0.2) is 0 Å². The Labute approximate surface area is 94.3 Å². The van der Waals surface area contributed by atoms with Crippen LogP contribution >= 0.6 is 0 Å². The summed E-state index contributed by atoms with van der Waals surface area (Å²) in [5.41, 5.74) is 0. The van der Waals surface area contributed by atoms with Crippen molar-refractivity contribution in [3.05, 3.63) is 5.82 Å². The summed E-state index contributed by atoms with van der Waals surface area (Å²) in [6.45, 7) is 0. The Balaban J connectivity index is 2.64. The molecule has 0 spiro atoms. The number of nitrogens with one attached hydrogen (secondary N) is 2. The highest BCUT2D eigenvalue weighted by Gasteiger charge is 2.25. The van der Waals surface area contributed by atoms with Gasteiger partial charge in [0.25, 0.3) is 11.7 Å². The van der Waals surface area contributed by atoms with Gasteiger partial charge in [-0.1, -0.05) is 0 Å². The van der Waals surface area contributed by atoms with Crippen molar-refractivity contribution in [1.82, 2.24) is 25.9 Å². The van der Waals surface area contributed by atoms with Crippen LogP contribution < -0.4 is 5.32 Å². The lowest BCUT2D eigenvalue weighted by molar-refractivity contribution is -0.147. The molecule has 0 aliphatic heterocycles. The molecule has 0 radical (unpaired) electrons. The zero-order chi connectivity index (χ0) is 12.8. The van der Waals surface area contributed by atoms with E-state index in [-0.39, 0.29) is 5.82 Å². The smallest absolute Gasteiger partial charge is 0.326 e. The zero-order valence-electron chi connectivity index (χ0n) is 8.71. The monoisotopic (exact) mass is 243 g/mol. The molecule has 1 heterocycles. The number of aromatic amines is 1. The predicted molar refractivity (Wildman–Crippen MR) is 49.7 cm³/mol. The number of methoxy groups -OCH3 is 1. The number of carbonyl (C=O) groups excluding carboxylic acids is 2. The Morgan fingerprint density at radius 3 is 2.71 bits per heavy atom. The van der Waals surface area contributed by atoms with Crippen molar-refractivity contribution < 1.29 is 24.2 Å². The molecule has 0 aliphatic rings. The molecular formula is C7H9N5O5. The molecule has 1 aromatic heterocycles. The van der Waals surface area contributed by atoms with Crippen LogP contribution in [0, 0.1) is 0 Å². The lowest BCUT2D eigenvalue weighted by Gasteiger charge is -2.11. The van der Waals surface area contributed by atoms with E-state index in [1.54, 1.807) is 0 Å². The standard InChI is InChI=1S/C7H9N5O5/c1-17-4(13)2-3(7(15)16)8-6(14)5-9-11-12-10-5/h3H,2H2,1H3,(H,8,14)(H,15,16)(H,9,10,11,12)/t3-/m0/s1. The van der Waals surface area contributed by atoms with Gasteiger partial charge >= 0.3 is 11.9 Å². The van der Waals surface area contributed by atoms with Crippen molar-refractivity contribution in [3.63, 3.8) is 0 Å². The number of aromatic nitrogens is 4. The van der Waals surface area contributed by atoms with E-state index in [0.717, 1.165) is 7.11 Å². The fourth-order valence-corrected chi connectivity index (χ4v) is 0.931. The minimum Gasteiger partial charge on any atom is -0.480 e. The van der Waals surface area contributed by atoms with E-state index >= 15 is 0 Å². The minimum atomic E-state index is -1.41. The maximum atomic E-state index is 11.4. The summed E-state index contributed by atoms with van der Waals surface area (Å²) in [6, 6.07) is -1.41. The first-order chi connectivity index (χ1) is 8.04. The molecule has 0 aromatic carbocycles. The largest absolute Gasteiger partial charge is 0.480 e. The number of H-pyrrole nitrogens is 1. The van der Waals surface area contributed by atoms with Gasteiger partial charge in [-0.2, -0.15) is 5.21 Å². The van der Waals surface area contributed by atoms with E-state index in [1.165, 1.54) is 0 Å². The molecule has 0 bridgehead atoms. The average molecular weight is 243 g/mol. The highest BCUT2D eigenvalue weighted by molar-refractivity contribution is 5.94. The van der Waals surface area contributed by atoms with E-state index in [4.69, 9.17) is 5.11 Å². The summed E-state index contributed by atoms with van der Waals surface area (Å²) >= 11 is 0. The number of rotatable bonds is 5. The Morgan fingerprint density at radius 2 is 2.24 bits per heavy atom. The number of carboxylic acid groups (broad SMARTS) is 1. The number of nitrogens with zero attached hydrogens (tertiary/aromatic N) is 3. The van der Waals surface area contributed by atoms with Crippen LogP contribution in [0.1, 0.15) is 17.0 Å². The second-order valence-corrected chi connectivity index (χ2v) is 2.88. The Bertz CT molecular complexity index is 416. The van der Waals surface area contributed by atoms with Crippen molar-refractivity contribution in [1.29, 1.82) is 0 Å². The second-order valence-electron chi connectivity index (χ2n) is 2.88. The Kier molecular flexibility index (Phi) is 4.08. The van der Waals surface area contributed by atoms with Gasteiger partial charge in [0.05, 0.1) is 13.5 Å². The highest BCUT2D eigenvalue weighted by Crippen LogP contribution is 1.96. The van der Waals surface area contributed by atoms with E-state index in [0.29, 0.717) is 0 Å². The first-order valence-corrected chi connectivity index (χ1v) is 4.38. The van der Waals surface area contributed by atoms with Crippen molar-refractivity contribution >= 4 is 17.8 Å². The van der Waals surface area contributed by atoms with Crippen LogP contribution in [0.4, 0.5) is 0 Å². The summed E-state index contributed by atoms with van der Waals surface area (Å²) in [4.78, 5) is 33.1. The number of carboxylic acids is 1. The normalized spacial score (nSPS) is 11.6. The van der Waals surface area contributed by atoms with Gasteiger partial charge in [-0.05, 0) is 5.21 Å². The summed E-state index contributed by atoms with van der Waals surface area (Å²) in [7, 11) is 1.11. The minimum absolute atomic E-state index is 0.318. The number of amides is 1. The van der Waals surface area contributed by atoms with Crippen LogP contribution in [-0.4, -0.2) is 56.7 Å².